The predicted octanol–water partition coefficient (Wildman–Crippen LogP) is 0.853. The zero-order valence-corrected chi connectivity index (χ0v) is 10.7. The Balaban J connectivity index is 2.43. The Morgan fingerprint density at radius 2 is 2.00 bits per heavy atom. The van der Waals surface area contributed by atoms with E-state index in [-0.39, 0.29) is 0 Å². The van der Waals surface area contributed by atoms with Crippen molar-refractivity contribution >= 4 is 0 Å². The van der Waals surface area contributed by atoms with E-state index >= 15 is 0 Å². The van der Waals surface area contributed by atoms with Crippen molar-refractivity contribution in [3.8, 4) is 0 Å². The summed E-state index contributed by atoms with van der Waals surface area (Å²) in [4.78, 5) is 5.01. The summed E-state index contributed by atoms with van der Waals surface area (Å²) >= 11 is 0. The van der Waals surface area contributed by atoms with Crippen molar-refractivity contribution in [2.75, 3.05) is 39.8 Å². The van der Waals surface area contributed by atoms with Crippen LogP contribution >= 0.6 is 0 Å². The van der Waals surface area contributed by atoms with Gasteiger partial charge in [-0.25, -0.2) is 0 Å². The first kappa shape index (κ1) is 12.9. The van der Waals surface area contributed by atoms with E-state index in [0.29, 0.717) is 17.9 Å². The quantitative estimate of drug-likeness (QED) is 0.751. The van der Waals surface area contributed by atoms with Crippen LogP contribution in [0.15, 0.2) is 0 Å². The molecule has 0 bridgehead atoms. The zero-order valence-electron chi connectivity index (χ0n) is 10.7. The summed E-state index contributed by atoms with van der Waals surface area (Å²) < 4.78 is 0. The molecule has 2 atom stereocenters. The number of hydrogen-bond donors (Lipinski definition) is 1. The summed E-state index contributed by atoms with van der Waals surface area (Å²) in [5.74, 6) is 1.35. The Hall–Kier alpha value is -0.120. The second-order valence-electron chi connectivity index (χ2n) is 5.35. The maximum absolute atomic E-state index is 5.83. The molecule has 1 heterocycles. The van der Waals surface area contributed by atoms with Gasteiger partial charge in [0.2, 0.25) is 0 Å². The number of nitrogens with two attached hydrogens (primary N) is 1. The average molecular weight is 213 g/mol. The van der Waals surface area contributed by atoms with Crippen molar-refractivity contribution in [3.63, 3.8) is 0 Å². The van der Waals surface area contributed by atoms with E-state index in [0.717, 1.165) is 6.54 Å². The lowest BCUT2D eigenvalue weighted by atomic mass is 9.94. The molecule has 3 nitrogen and oxygen atoms in total. The summed E-state index contributed by atoms with van der Waals surface area (Å²) in [7, 11) is 2.21. The van der Waals surface area contributed by atoms with Gasteiger partial charge in [0, 0.05) is 32.2 Å². The van der Waals surface area contributed by atoms with Crippen LogP contribution in [0.3, 0.4) is 0 Å². The maximum Gasteiger partial charge on any atom is 0.0195 e. The van der Waals surface area contributed by atoms with E-state index in [1.54, 1.807) is 0 Å². The Morgan fingerprint density at radius 3 is 2.47 bits per heavy atom. The molecule has 0 aromatic carbocycles. The second kappa shape index (κ2) is 5.83. The summed E-state index contributed by atoms with van der Waals surface area (Å²) in [5.41, 5.74) is 5.83. The number of hydrogen-bond acceptors (Lipinski definition) is 3. The fraction of sp³-hybridized carbons (Fsp3) is 1.00. The summed E-state index contributed by atoms with van der Waals surface area (Å²) in [6.45, 7) is 12.4. The summed E-state index contributed by atoms with van der Waals surface area (Å²) in [5, 5.41) is 0. The van der Waals surface area contributed by atoms with Gasteiger partial charge in [-0.15, -0.1) is 0 Å². The summed E-state index contributed by atoms with van der Waals surface area (Å²) in [6.07, 6.45) is 0. The fourth-order valence-electron chi connectivity index (χ4n) is 2.31. The van der Waals surface area contributed by atoms with Gasteiger partial charge in [0.25, 0.3) is 0 Å². The third-order valence-corrected chi connectivity index (χ3v) is 3.68. The van der Waals surface area contributed by atoms with Crippen molar-refractivity contribution in [1.82, 2.24) is 9.80 Å². The van der Waals surface area contributed by atoms with Crippen LogP contribution in [0.4, 0.5) is 0 Å². The van der Waals surface area contributed by atoms with Gasteiger partial charge in [0.15, 0.2) is 0 Å². The van der Waals surface area contributed by atoms with Crippen LogP contribution in [0.2, 0.25) is 0 Å². The van der Waals surface area contributed by atoms with Crippen LogP contribution in [0.5, 0.6) is 0 Å². The molecule has 1 rings (SSSR count). The van der Waals surface area contributed by atoms with Crippen molar-refractivity contribution in [2.24, 2.45) is 17.6 Å². The molecule has 0 spiro atoms. The molecule has 15 heavy (non-hydrogen) atoms. The third-order valence-electron chi connectivity index (χ3n) is 3.68. The first-order valence-corrected chi connectivity index (χ1v) is 6.17. The highest BCUT2D eigenvalue weighted by Crippen LogP contribution is 2.15. The smallest absolute Gasteiger partial charge is 0.0195 e. The van der Waals surface area contributed by atoms with E-state index in [4.69, 9.17) is 5.73 Å². The number of nitrogens with zero attached hydrogens (tertiary/aromatic N) is 2. The predicted molar refractivity (Wildman–Crippen MR) is 65.9 cm³/mol. The molecule has 0 aliphatic carbocycles. The minimum Gasteiger partial charge on any atom is -0.330 e. The minimum atomic E-state index is 0.649. The van der Waals surface area contributed by atoms with Crippen LogP contribution < -0.4 is 5.73 Å². The Bertz CT molecular complexity index is 182. The highest BCUT2D eigenvalue weighted by Gasteiger charge is 2.24. The molecule has 1 aliphatic heterocycles. The molecule has 90 valence electrons. The normalized spacial score (nSPS) is 27.2. The summed E-state index contributed by atoms with van der Waals surface area (Å²) in [6, 6.07) is 0.677. The van der Waals surface area contributed by atoms with Gasteiger partial charge < -0.3 is 10.6 Å². The van der Waals surface area contributed by atoms with Gasteiger partial charge in [-0.2, -0.15) is 0 Å². The molecule has 1 fully saturated rings. The van der Waals surface area contributed by atoms with Gasteiger partial charge in [-0.1, -0.05) is 13.8 Å². The molecule has 2 N–H and O–H groups in total. The van der Waals surface area contributed by atoms with E-state index in [1.165, 1.54) is 26.2 Å². The first-order chi connectivity index (χ1) is 7.04. The number of rotatable bonds is 4. The molecular weight excluding hydrogens is 186 g/mol. The second-order valence-corrected chi connectivity index (χ2v) is 5.35. The average Bonchev–Trinajstić information content (AvgIpc) is 2.16. The zero-order chi connectivity index (χ0) is 11.4. The first-order valence-electron chi connectivity index (χ1n) is 6.17. The molecule has 2 unspecified atom stereocenters. The van der Waals surface area contributed by atoms with Crippen molar-refractivity contribution in [1.29, 1.82) is 0 Å². The molecule has 1 aliphatic rings. The molecule has 0 aromatic rings. The molecule has 3 heteroatoms. The molecule has 0 radical (unpaired) electrons. The Morgan fingerprint density at radius 1 is 1.33 bits per heavy atom. The monoisotopic (exact) mass is 213 g/mol. The van der Waals surface area contributed by atoms with Gasteiger partial charge in [0.05, 0.1) is 0 Å². The Labute approximate surface area is 94.6 Å². The van der Waals surface area contributed by atoms with Gasteiger partial charge in [-0.3, -0.25) is 4.90 Å². The van der Waals surface area contributed by atoms with E-state index in [1.807, 2.05) is 0 Å². The fourth-order valence-corrected chi connectivity index (χ4v) is 2.31. The Kier molecular flexibility index (Phi) is 5.03. The minimum absolute atomic E-state index is 0.649. The van der Waals surface area contributed by atoms with Gasteiger partial charge in [-0.05, 0) is 32.4 Å². The maximum atomic E-state index is 5.83. The van der Waals surface area contributed by atoms with Crippen LogP contribution in [0.1, 0.15) is 20.8 Å². The van der Waals surface area contributed by atoms with Crippen LogP contribution in [0, 0.1) is 11.8 Å². The van der Waals surface area contributed by atoms with E-state index < -0.39 is 0 Å². The van der Waals surface area contributed by atoms with Gasteiger partial charge >= 0.3 is 0 Å². The molecule has 0 saturated carbocycles. The lowest BCUT2D eigenvalue weighted by Gasteiger charge is -2.40. The largest absolute Gasteiger partial charge is 0.330 e. The topological polar surface area (TPSA) is 32.5 Å². The third kappa shape index (κ3) is 3.74. The molecule has 1 saturated heterocycles. The lowest BCUT2D eigenvalue weighted by molar-refractivity contribution is 0.0783. The van der Waals surface area contributed by atoms with Crippen molar-refractivity contribution in [3.05, 3.63) is 0 Å². The van der Waals surface area contributed by atoms with Crippen LogP contribution in [-0.2, 0) is 0 Å². The van der Waals surface area contributed by atoms with Crippen LogP contribution in [-0.4, -0.2) is 55.6 Å². The van der Waals surface area contributed by atoms with Crippen molar-refractivity contribution in [2.45, 2.75) is 26.8 Å². The van der Waals surface area contributed by atoms with E-state index in [2.05, 4.69) is 37.6 Å². The number of piperazine rings is 1. The van der Waals surface area contributed by atoms with Crippen molar-refractivity contribution < 1.29 is 0 Å². The molecule has 0 amide bonds. The molecular formula is C12H27N3. The highest BCUT2D eigenvalue weighted by molar-refractivity contribution is 4.80. The SMILES string of the molecule is CC(C)C(CN)CN1CCN(C)CC1C. The number of likely N-dealkylation sites (N-methyl/N-ethyl adjacent to an activating group) is 1. The van der Waals surface area contributed by atoms with E-state index in [9.17, 15) is 0 Å². The van der Waals surface area contributed by atoms with Crippen LogP contribution in [0.25, 0.3) is 0 Å². The standard InChI is InChI=1S/C12H27N3/c1-10(2)12(7-13)9-15-6-5-14(4)8-11(15)3/h10-12H,5-9,13H2,1-4H3. The molecule has 0 aromatic heterocycles. The lowest BCUT2D eigenvalue weighted by Crippen LogP contribution is -2.52. The van der Waals surface area contributed by atoms with Gasteiger partial charge in [0.1, 0.15) is 0 Å². The highest BCUT2D eigenvalue weighted by atomic mass is 15.3.